The molecule has 0 unspecified atom stereocenters. The van der Waals surface area contributed by atoms with Crippen molar-refractivity contribution in [1.82, 2.24) is 9.88 Å². The SMILES string of the molecule is Cc1ncsc1CN1CC[C@](C)(O)[C@@H](Oc2cccc(F)c2)C1. The second-order valence-electron chi connectivity index (χ2n) is 6.27. The first kappa shape index (κ1) is 16.4. The molecule has 1 aliphatic rings. The Kier molecular flexibility index (Phi) is 4.66. The minimum atomic E-state index is -0.925. The van der Waals surface area contributed by atoms with E-state index in [4.69, 9.17) is 4.74 Å². The van der Waals surface area contributed by atoms with Gasteiger partial charge >= 0.3 is 0 Å². The standard InChI is InChI=1S/C17H21FN2O2S/c1-12-15(23-11-19-12)9-20-7-6-17(2,21)16(10-20)22-14-5-3-4-13(18)8-14/h3-5,8,11,16,21H,6-7,9-10H2,1-2H3/t16-,17-/m0/s1. The van der Waals surface area contributed by atoms with E-state index in [9.17, 15) is 9.50 Å². The van der Waals surface area contributed by atoms with Gasteiger partial charge in [-0.2, -0.15) is 0 Å². The Labute approximate surface area is 139 Å². The topological polar surface area (TPSA) is 45.6 Å². The maximum absolute atomic E-state index is 13.3. The first-order valence-electron chi connectivity index (χ1n) is 7.70. The van der Waals surface area contributed by atoms with Crippen molar-refractivity contribution < 1.29 is 14.2 Å². The summed E-state index contributed by atoms with van der Waals surface area (Å²) in [6.45, 7) is 5.99. The van der Waals surface area contributed by atoms with E-state index in [2.05, 4.69) is 9.88 Å². The number of thiazole rings is 1. The Morgan fingerprint density at radius 3 is 3.04 bits per heavy atom. The molecule has 0 aliphatic carbocycles. The van der Waals surface area contributed by atoms with Crippen LogP contribution < -0.4 is 4.74 Å². The summed E-state index contributed by atoms with van der Waals surface area (Å²) in [5.41, 5.74) is 1.98. The normalized spacial score (nSPS) is 25.5. The fourth-order valence-electron chi connectivity index (χ4n) is 2.76. The first-order chi connectivity index (χ1) is 10.9. The van der Waals surface area contributed by atoms with Crippen LogP contribution in [0.25, 0.3) is 0 Å². The Hall–Kier alpha value is -1.50. The molecule has 1 saturated heterocycles. The molecule has 0 radical (unpaired) electrons. The molecule has 2 atom stereocenters. The second-order valence-corrected chi connectivity index (χ2v) is 7.21. The number of halogens is 1. The monoisotopic (exact) mass is 336 g/mol. The average molecular weight is 336 g/mol. The number of likely N-dealkylation sites (tertiary alicyclic amines) is 1. The van der Waals surface area contributed by atoms with Crippen molar-refractivity contribution in [3.8, 4) is 5.75 Å². The smallest absolute Gasteiger partial charge is 0.140 e. The van der Waals surface area contributed by atoms with E-state index >= 15 is 0 Å². The van der Waals surface area contributed by atoms with Crippen LogP contribution in [0.15, 0.2) is 29.8 Å². The Morgan fingerprint density at radius 1 is 1.52 bits per heavy atom. The fraction of sp³-hybridized carbons (Fsp3) is 0.471. The van der Waals surface area contributed by atoms with Crippen LogP contribution in [0.3, 0.4) is 0 Å². The van der Waals surface area contributed by atoms with Gasteiger partial charge in [0.1, 0.15) is 23.3 Å². The zero-order chi connectivity index (χ0) is 16.4. The van der Waals surface area contributed by atoms with Gasteiger partial charge in [-0.15, -0.1) is 11.3 Å². The summed E-state index contributed by atoms with van der Waals surface area (Å²) >= 11 is 1.64. The van der Waals surface area contributed by atoms with E-state index in [-0.39, 0.29) is 5.82 Å². The molecular weight excluding hydrogens is 315 g/mol. The van der Waals surface area contributed by atoms with Crippen LogP contribution in [0.4, 0.5) is 4.39 Å². The molecule has 2 aromatic rings. The van der Waals surface area contributed by atoms with Gasteiger partial charge < -0.3 is 9.84 Å². The molecule has 1 aromatic carbocycles. The number of nitrogens with zero attached hydrogens (tertiary/aromatic N) is 2. The summed E-state index contributed by atoms with van der Waals surface area (Å²) in [4.78, 5) is 7.76. The minimum absolute atomic E-state index is 0.338. The highest BCUT2D eigenvalue weighted by molar-refractivity contribution is 7.09. The van der Waals surface area contributed by atoms with E-state index < -0.39 is 11.7 Å². The van der Waals surface area contributed by atoms with Gasteiger partial charge in [0.15, 0.2) is 0 Å². The lowest BCUT2D eigenvalue weighted by Gasteiger charge is -2.42. The highest BCUT2D eigenvalue weighted by Crippen LogP contribution is 2.28. The molecule has 0 amide bonds. The molecule has 0 saturated carbocycles. The highest BCUT2D eigenvalue weighted by atomic mass is 32.1. The highest BCUT2D eigenvalue weighted by Gasteiger charge is 2.39. The van der Waals surface area contributed by atoms with Gasteiger partial charge in [-0.25, -0.2) is 9.37 Å². The Morgan fingerprint density at radius 2 is 2.35 bits per heavy atom. The number of aryl methyl sites for hydroxylation is 1. The number of piperidine rings is 1. The third-order valence-electron chi connectivity index (χ3n) is 4.34. The minimum Gasteiger partial charge on any atom is -0.486 e. The number of ether oxygens (including phenoxy) is 1. The van der Waals surface area contributed by atoms with Crippen molar-refractivity contribution in [2.24, 2.45) is 0 Å². The molecule has 23 heavy (non-hydrogen) atoms. The Bertz CT molecular complexity index is 674. The van der Waals surface area contributed by atoms with Crippen molar-refractivity contribution in [1.29, 1.82) is 0 Å². The molecule has 1 fully saturated rings. The van der Waals surface area contributed by atoms with Crippen molar-refractivity contribution in [2.45, 2.75) is 38.5 Å². The first-order valence-corrected chi connectivity index (χ1v) is 8.58. The maximum atomic E-state index is 13.3. The number of hydrogen-bond acceptors (Lipinski definition) is 5. The van der Waals surface area contributed by atoms with Gasteiger partial charge in [0.2, 0.25) is 0 Å². The molecular formula is C17H21FN2O2S. The zero-order valence-corrected chi connectivity index (χ0v) is 14.1. The Balaban J connectivity index is 1.70. The zero-order valence-electron chi connectivity index (χ0n) is 13.3. The number of hydrogen-bond donors (Lipinski definition) is 1. The summed E-state index contributed by atoms with van der Waals surface area (Å²) in [7, 11) is 0. The summed E-state index contributed by atoms with van der Waals surface area (Å²) in [6.07, 6.45) is 0.219. The van der Waals surface area contributed by atoms with E-state index in [0.29, 0.717) is 18.7 Å². The maximum Gasteiger partial charge on any atom is 0.140 e. The van der Waals surface area contributed by atoms with Crippen molar-refractivity contribution in [3.63, 3.8) is 0 Å². The lowest BCUT2D eigenvalue weighted by molar-refractivity contribution is -0.0964. The van der Waals surface area contributed by atoms with Crippen molar-refractivity contribution in [3.05, 3.63) is 46.2 Å². The summed E-state index contributed by atoms with van der Waals surface area (Å²) in [5, 5.41) is 10.6. The predicted molar refractivity (Wildman–Crippen MR) is 88.2 cm³/mol. The molecule has 1 aliphatic heterocycles. The van der Waals surface area contributed by atoms with Gasteiger partial charge in [-0.3, -0.25) is 4.90 Å². The number of aromatic nitrogens is 1. The molecule has 6 heteroatoms. The molecule has 1 aromatic heterocycles. The van der Waals surface area contributed by atoms with Gasteiger partial charge in [-0.05, 0) is 32.4 Å². The molecule has 0 bridgehead atoms. The van der Waals surface area contributed by atoms with E-state index in [1.165, 1.54) is 17.0 Å². The van der Waals surface area contributed by atoms with Crippen LogP contribution in [0, 0.1) is 12.7 Å². The van der Waals surface area contributed by atoms with E-state index in [0.717, 1.165) is 18.8 Å². The van der Waals surface area contributed by atoms with E-state index in [1.807, 2.05) is 12.4 Å². The largest absolute Gasteiger partial charge is 0.486 e. The molecule has 1 N–H and O–H groups in total. The van der Waals surface area contributed by atoms with Crippen molar-refractivity contribution in [2.75, 3.05) is 13.1 Å². The van der Waals surface area contributed by atoms with Crippen molar-refractivity contribution >= 4 is 11.3 Å². The van der Waals surface area contributed by atoms with Gasteiger partial charge in [0.25, 0.3) is 0 Å². The third-order valence-corrected chi connectivity index (χ3v) is 5.26. The second kappa shape index (κ2) is 6.55. The lowest BCUT2D eigenvalue weighted by Crippen LogP contribution is -2.56. The van der Waals surface area contributed by atoms with Gasteiger partial charge in [0, 0.05) is 30.6 Å². The van der Waals surface area contributed by atoms with E-state index in [1.54, 1.807) is 30.4 Å². The van der Waals surface area contributed by atoms with Crippen LogP contribution in [0.1, 0.15) is 23.9 Å². The van der Waals surface area contributed by atoms with Gasteiger partial charge in [0.05, 0.1) is 11.2 Å². The predicted octanol–water partition coefficient (Wildman–Crippen LogP) is 2.99. The van der Waals surface area contributed by atoms with Crippen LogP contribution in [-0.2, 0) is 6.54 Å². The van der Waals surface area contributed by atoms with Gasteiger partial charge in [-0.1, -0.05) is 6.07 Å². The third kappa shape index (κ3) is 3.88. The van der Waals surface area contributed by atoms with Crippen LogP contribution >= 0.6 is 11.3 Å². The fourth-order valence-corrected chi connectivity index (χ4v) is 3.58. The summed E-state index contributed by atoms with van der Waals surface area (Å²) < 4.78 is 19.2. The molecule has 2 heterocycles. The van der Waals surface area contributed by atoms with Crippen LogP contribution in [0.5, 0.6) is 5.75 Å². The molecule has 124 valence electrons. The van der Waals surface area contributed by atoms with Crippen LogP contribution in [-0.4, -0.2) is 39.8 Å². The lowest BCUT2D eigenvalue weighted by atomic mass is 9.90. The molecule has 0 spiro atoms. The molecule has 4 nitrogen and oxygen atoms in total. The molecule has 3 rings (SSSR count). The average Bonchev–Trinajstić information content (AvgIpc) is 2.88. The van der Waals surface area contributed by atoms with Crippen LogP contribution in [0.2, 0.25) is 0 Å². The summed E-state index contributed by atoms with van der Waals surface area (Å²) in [6, 6.07) is 6.05. The summed E-state index contributed by atoms with van der Waals surface area (Å²) in [5.74, 6) is 0.112. The number of aliphatic hydroxyl groups is 1. The quantitative estimate of drug-likeness (QED) is 0.932. The number of benzene rings is 1. The number of rotatable bonds is 4.